The number of hydrogen-bond donors (Lipinski definition) is 2. The van der Waals surface area contributed by atoms with Gasteiger partial charge in [-0.25, -0.2) is 0 Å². The number of amides is 1. The first-order valence-electron chi connectivity index (χ1n) is 8.92. The first-order chi connectivity index (χ1) is 11.8. The molecule has 0 aromatic carbocycles. The molecule has 1 unspecified atom stereocenters. The lowest BCUT2D eigenvalue weighted by Gasteiger charge is -2.22. The standard InChI is InChI=1S/C18H28N6O.ClH/c1-18(2,3)11-13-10-16(23(4)21-13)20-17(25)15-7-9-24(22-15)14-6-5-8-19-12-14;/h7,9-10,14,19H,5-6,8,11-12H2,1-4H3,(H,20,25);1H. The van der Waals surface area contributed by atoms with Crippen LogP contribution in [0.5, 0.6) is 0 Å². The van der Waals surface area contributed by atoms with Crippen LogP contribution in [0.1, 0.15) is 55.8 Å². The maximum Gasteiger partial charge on any atom is 0.277 e. The van der Waals surface area contributed by atoms with E-state index in [1.165, 1.54) is 0 Å². The molecular weight excluding hydrogens is 352 g/mol. The Balaban J connectivity index is 0.00000243. The number of nitrogens with zero attached hydrogens (tertiary/aromatic N) is 4. The number of rotatable bonds is 4. The number of carbonyl (C=O) groups is 1. The molecule has 7 nitrogen and oxygen atoms in total. The number of nitrogens with one attached hydrogen (secondary N) is 2. The fraction of sp³-hybridized carbons (Fsp3) is 0.611. The van der Waals surface area contributed by atoms with Gasteiger partial charge in [-0.2, -0.15) is 10.2 Å². The SMILES string of the molecule is Cl.Cn1nc(CC(C)(C)C)cc1NC(=O)c1ccn(C2CCCNC2)n1. The van der Waals surface area contributed by atoms with Crippen molar-refractivity contribution in [1.82, 2.24) is 24.9 Å². The number of hydrogen-bond acceptors (Lipinski definition) is 4. The molecule has 1 saturated heterocycles. The molecule has 26 heavy (non-hydrogen) atoms. The van der Waals surface area contributed by atoms with Crippen LogP contribution in [0.3, 0.4) is 0 Å². The summed E-state index contributed by atoms with van der Waals surface area (Å²) >= 11 is 0. The molecule has 0 aliphatic carbocycles. The van der Waals surface area contributed by atoms with Crippen molar-refractivity contribution in [2.75, 3.05) is 18.4 Å². The van der Waals surface area contributed by atoms with Crippen molar-refractivity contribution in [3.8, 4) is 0 Å². The summed E-state index contributed by atoms with van der Waals surface area (Å²) in [6, 6.07) is 4.03. The molecule has 0 spiro atoms. The van der Waals surface area contributed by atoms with E-state index in [-0.39, 0.29) is 23.7 Å². The van der Waals surface area contributed by atoms with E-state index in [1.54, 1.807) is 10.7 Å². The van der Waals surface area contributed by atoms with Gasteiger partial charge in [-0.15, -0.1) is 12.4 Å². The molecule has 2 N–H and O–H groups in total. The molecule has 0 radical (unpaired) electrons. The molecular formula is C18H29ClN6O. The summed E-state index contributed by atoms with van der Waals surface area (Å²) in [7, 11) is 1.84. The van der Waals surface area contributed by atoms with Gasteiger partial charge in [-0.3, -0.25) is 14.2 Å². The summed E-state index contributed by atoms with van der Waals surface area (Å²) in [5.41, 5.74) is 1.57. The number of carbonyl (C=O) groups excluding carboxylic acids is 1. The van der Waals surface area contributed by atoms with Crippen LogP contribution >= 0.6 is 12.4 Å². The third-order valence-electron chi connectivity index (χ3n) is 4.37. The van der Waals surface area contributed by atoms with E-state index in [4.69, 9.17) is 0 Å². The van der Waals surface area contributed by atoms with E-state index < -0.39 is 0 Å². The molecule has 1 aliphatic heterocycles. The zero-order chi connectivity index (χ0) is 18.0. The molecule has 0 saturated carbocycles. The molecule has 1 aliphatic rings. The normalized spacial score (nSPS) is 17.6. The second-order valence-electron chi connectivity index (χ2n) is 8.02. The summed E-state index contributed by atoms with van der Waals surface area (Å²) in [5, 5.41) is 15.2. The first kappa shape index (κ1) is 20.5. The van der Waals surface area contributed by atoms with Crippen molar-refractivity contribution in [3.05, 3.63) is 29.7 Å². The lowest BCUT2D eigenvalue weighted by molar-refractivity contribution is 0.102. The Kier molecular flexibility index (Phi) is 6.47. The lowest BCUT2D eigenvalue weighted by Crippen LogP contribution is -2.32. The minimum absolute atomic E-state index is 0. The highest BCUT2D eigenvalue weighted by Gasteiger charge is 2.19. The summed E-state index contributed by atoms with van der Waals surface area (Å²) in [4.78, 5) is 12.5. The average molecular weight is 381 g/mol. The molecule has 2 aromatic rings. The topological polar surface area (TPSA) is 76.8 Å². The summed E-state index contributed by atoms with van der Waals surface area (Å²) in [6.45, 7) is 8.48. The highest BCUT2D eigenvalue weighted by atomic mass is 35.5. The van der Waals surface area contributed by atoms with Gasteiger partial charge >= 0.3 is 0 Å². The lowest BCUT2D eigenvalue weighted by atomic mass is 9.91. The Morgan fingerprint density at radius 3 is 2.81 bits per heavy atom. The van der Waals surface area contributed by atoms with Gasteiger partial charge in [0, 0.05) is 25.9 Å². The summed E-state index contributed by atoms with van der Waals surface area (Å²) in [5.74, 6) is 0.492. The van der Waals surface area contributed by atoms with Gasteiger partial charge in [0.15, 0.2) is 5.69 Å². The van der Waals surface area contributed by atoms with E-state index in [9.17, 15) is 4.79 Å². The van der Waals surface area contributed by atoms with Gasteiger partial charge < -0.3 is 10.6 Å². The van der Waals surface area contributed by atoms with Gasteiger partial charge in [0.25, 0.3) is 5.91 Å². The highest BCUT2D eigenvalue weighted by molar-refractivity contribution is 6.02. The maximum atomic E-state index is 12.5. The van der Waals surface area contributed by atoms with Crippen LogP contribution in [0.2, 0.25) is 0 Å². The molecule has 1 amide bonds. The molecule has 3 heterocycles. The number of aryl methyl sites for hydroxylation is 1. The maximum absolute atomic E-state index is 12.5. The van der Waals surface area contributed by atoms with E-state index in [0.717, 1.165) is 38.0 Å². The van der Waals surface area contributed by atoms with Crippen molar-refractivity contribution >= 4 is 24.1 Å². The molecule has 3 rings (SSSR count). The van der Waals surface area contributed by atoms with Crippen molar-refractivity contribution < 1.29 is 4.79 Å². The van der Waals surface area contributed by atoms with E-state index >= 15 is 0 Å². The van der Waals surface area contributed by atoms with Gasteiger partial charge in [0.2, 0.25) is 0 Å². The van der Waals surface area contributed by atoms with Crippen molar-refractivity contribution in [2.24, 2.45) is 12.5 Å². The molecule has 1 fully saturated rings. The smallest absolute Gasteiger partial charge is 0.277 e. The number of piperidine rings is 1. The van der Waals surface area contributed by atoms with Crippen LogP contribution in [0, 0.1) is 5.41 Å². The summed E-state index contributed by atoms with van der Waals surface area (Å²) < 4.78 is 3.61. The van der Waals surface area contributed by atoms with Crippen LogP contribution < -0.4 is 10.6 Å². The van der Waals surface area contributed by atoms with Crippen LogP contribution in [0.15, 0.2) is 18.3 Å². The Morgan fingerprint density at radius 1 is 1.38 bits per heavy atom. The van der Waals surface area contributed by atoms with Gasteiger partial charge in [0.1, 0.15) is 5.82 Å². The second kappa shape index (κ2) is 8.22. The van der Waals surface area contributed by atoms with E-state index in [2.05, 4.69) is 41.6 Å². The number of anilines is 1. The fourth-order valence-electron chi connectivity index (χ4n) is 3.18. The molecule has 0 bridgehead atoms. The van der Waals surface area contributed by atoms with Gasteiger partial charge in [-0.05, 0) is 37.3 Å². The highest BCUT2D eigenvalue weighted by Crippen LogP contribution is 2.22. The van der Waals surface area contributed by atoms with E-state index in [1.807, 2.05) is 24.0 Å². The van der Waals surface area contributed by atoms with Crippen LogP contribution in [0.4, 0.5) is 5.82 Å². The van der Waals surface area contributed by atoms with E-state index in [0.29, 0.717) is 17.6 Å². The molecule has 1 atom stereocenters. The number of halogens is 1. The Hall–Kier alpha value is -1.86. The minimum Gasteiger partial charge on any atom is -0.315 e. The van der Waals surface area contributed by atoms with Crippen molar-refractivity contribution in [1.29, 1.82) is 0 Å². The Labute approximate surface area is 160 Å². The first-order valence-corrected chi connectivity index (χ1v) is 8.92. The Bertz CT molecular complexity index is 739. The van der Waals surface area contributed by atoms with Crippen LogP contribution in [0.25, 0.3) is 0 Å². The van der Waals surface area contributed by atoms with Crippen molar-refractivity contribution in [3.63, 3.8) is 0 Å². The van der Waals surface area contributed by atoms with Gasteiger partial charge in [-0.1, -0.05) is 20.8 Å². The second-order valence-corrected chi connectivity index (χ2v) is 8.02. The summed E-state index contributed by atoms with van der Waals surface area (Å²) in [6.07, 6.45) is 4.98. The van der Waals surface area contributed by atoms with Crippen molar-refractivity contribution in [2.45, 2.75) is 46.1 Å². The van der Waals surface area contributed by atoms with Crippen LogP contribution in [-0.4, -0.2) is 38.6 Å². The molecule has 8 heteroatoms. The predicted octanol–water partition coefficient (Wildman–Crippen LogP) is 2.80. The van der Waals surface area contributed by atoms with Gasteiger partial charge in [0.05, 0.1) is 11.7 Å². The average Bonchev–Trinajstić information content (AvgIpc) is 3.14. The zero-order valence-corrected chi connectivity index (χ0v) is 16.8. The quantitative estimate of drug-likeness (QED) is 0.855. The zero-order valence-electron chi connectivity index (χ0n) is 16.0. The van der Waals surface area contributed by atoms with Crippen LogP contribution in [-0.2, 0) is 13.5 Å². The fourth-order valence-corrected chi connectivity index (χ4v) is 3.18. The Morgan fingerprint density at radius 2 is 2.15 bits per heavy atom. The molecule has 144 valence electrons. The third kappa shape index (κ3) is 5.08. The molecule has 2 aromatic heterocycles. The number of aromatic nitrogens is 4. The minimum atomic E-state index is -0.201. The largest absolute Gasteiger partial charge is 0.315 e. The monoisotopic (exact) mass is 380 g/mol. The predicted molar refractivity (Wildman–Crippen MR) is 105 cm³/mol. The third-order valence-corrected chi connectivity index (χ3v) is 4.37.